The van der Waals surface area contributed by atoms with Gasteiger partial charge in [0.2, 0.25) is 0 Å². The molecule has 0 aliphatic heterocycles. The molecule has 0 atom stereocenters. The van der Waals surface area contributed by atoms with E-state index in [1.54, 1.807) is 26.0 Å². The highest BCUT2D eigenvalue weighted by Gasteiger charge is 2.16. The summed E-state index contributed by atoms with van der Waals surface area (Å²) >= 11 is 0. The van der Waals surface area contributed by atoms with Crippen molar-refractivity contribution < 1.29 is 13.6 Å². The van der Waals surface area contributed by atoms with Gasteiger partial charge in [0.1, 0.15) is 0 Å². The SMILES string of the molecule is CC(C)S(=O)(=O)CCn1ccc2c(/C(N)=N/O)cccc21. The number of hydrogen-bond donors (Lipinski definition) is 2. The second kappa shape index (κ2) is 5.77. The Labute approximate surface area is 123 Å². The summed E-state index contributed by atoms with van der Waals surface area (Å²) in [7, 11) is -3.08. The highest BCUT2D eigenvalue weighted by atomic mass is 32.2. The molecule has 0 aliphatic rings. The Kier molecular flexibility index (Phi) is 4.22. The van der Waals surface area contributed by atoms with E-state index < -0.39 is 9.84 Å². The standard InChI is InChI=1S/C14H19N3O3S/c1-10(2)21(19,20)9-8-17-7-6-11-12(14(15)16-18)4-3-5-13(11)17/h3-7,10,18H,8-9H2,1-2H3,(H2,15,16). The number of amidine groups is 1. The fourth-order valence-electron chi connectivity index (χ4n) is 2.16. The van der Waals surface area contributed by atoms with Crippen molar-refractivity contribution in [2.45, 2.75) is 25.6 Å². The Bertz CT molecular complexity index is 776. The molecule has 1 heterocycles. The first kappa shape index (κ1) is 15.4. The Morgan fingerprint density at radius 3 is 2.71 bits per heavy atom. The zero-order chi connectivity index (χ0) is 15.6. The molecule has 3 N–H and O–H groups in total. The van der Waals surface area contributed by atoms with E-state index in [2.05, 4.69) is 5.16 Å². The lowest BCUT2D eigenvalue weighted by atomic mass is 10.1. The zero-order valence-electron chi connectivity index (χ0n) is 12.0. The van der Waals surface area contributed by atoms with Crippen LogP contribution >= 0.6 is 0 Å². The number of oxime groups is 1. The highest BCUT2D eigenvalue weighted by Crippen LogP contribution is 2.20. The molecule has 6 nitrogen and oxygen atoms in total. The predicted octanol–water partition coefficient (Wildman–Crippen LogP) is 1.56. The molecular formula is C14H19N3O3S. The Morgan fingerprint density at radius 1 is 1.38 bits per heavy atom. The van der Waals surface area contributed by atoms with Gasteiger partial charge in [-0.05, 0) is 26.0 Å². The summed E-state index contributed by atoms with van der Waals surface area (Å²) in [6.07, 6.45) is 1.81. The van der Waals surface area contributed by atoms with Crippen molar-refractivity contribution in [2.75, 3.05) is 5.75 Å². The Balaban J connectivity index is 2.36. The number of nitrogens with two attached hydrogens (primary N) is 1. The van der Waals surface area contributed by atoms with E-state index in [-0.39, 0.29) is 16.8 Å². The van der Waals surface area contributed by atoms with Crippen molar-refractivity contribution in [2.24, 2.45) is 10.9 Å². The molecule has 21 heavy (non-hydrogen) atoms. The maximum Gasteiger partial charge on any atom is 0.170 e. The van der Waals surface area contributed by atoms with Crippen LogP contribution in [0.4, 0.5) is 0 Å². The van der Waals surface area contributed by atoms with E-state index >= 15 is 0 Å². The predicted molar refractivity (Wildman–Crippen MR) is 83.4 cm³/mol. The largest absolute Gasteiger partial charge is 0.409 e. The van der Waals surface area contributed by atoms with E-state index in [0.717, 1.165) is 10.9 Å². The van der Waals surface area contributed by atoms with Gasteiger partial charge < -0.3 is 15.5 Å². The highest BCUT2D eigenvalue weighted by molar-refractivity contribution is 7.91. The molecule has 1 aromatic carbocycles. The van der Waals surface area contributed by atoms with Crippen LogP contribution in [0.25, 0.3) is 10.9 Å². The summed E-state index contributed by atoms with van der Waals surface area (Å²) in [6.45, 7) is 3.74. The van der Waals surface area contributed by atoms with Crippen molar-refractivity contribution in [1.29, 1.82) is 0 Å². The second-order valence-electron chi connectivity index (χ2n) is 5.15. The van der Waals surface area contributed by atoms with E-state index in [0.29, 0.717) is 12.1 Å². The van der Waals surface area contributed by atoms with Crippen molar-refractivity contribution in [3.05, 3.63) is 36.0 Å². The summed E-state index contributed by atoms with van der Waals surface area (Å²) in [5.74, 6) is 0.121. The molecule has 0 aliphatic carbocycles. The third kappa shape index (κ3) is 3.02. The van der Waals surface area contributed by atoms with Gasteiger partial charge in [-0.15, -0.1) is 0 Å². The first-order valence-corrected chi connectivity index (χ1v) is 8.35. The quantitative estimate of drug-likeness (QED) is 0.379. The molecule has 0 saturated heterocycles. The maximum absolute atomic E-state index is 11.9. The first-order valence-electron chi connectivity index (χ1n) is 6.64. The molecule has 0 unspecified atom stereocenters. The van der Waals surface area contributed by atoms with E-state index in [1.807, 2.05) is 22.9 Å². The van der Waals surface area contributed by atoms with Crippen molar-refractivity contribution in [3.63, 3.8) is 0 Å². The van der Waals surface area contributed by atoms with Crippen molar-refractivity contribution >= 4 is 26.6 Å². The Morgan fingerprint density at radius 2 is 2.10 bits per heavy atom. The van der Waals surface area contributed by atoms with Crippen LogP contribution in [0.1, 0.15) is 19.4 Å². The van der Waals surface area contributed by atoms with Gasteiger partial charge in [0.15, 0.2) is 15.7 Å². The summed E-state index contributed by atoms with van der Waals surface area (Å²) in [5.41, 5.74) is 7.13. The van der Waals surface area contributed by atoms with Gasteiger partial charge in [-0.25, -0.2) is 8.42 Å². The molecule has 2 aromatic rings. The van der Waals surface area contributed by atoms with Crippen LogP contribution in [-0.4, -0.2) is 35.0 Å². The van der Waals surface area contributed by atoms with Gasteiger partial charge in [0, 0.05) is 29.2 Å². The average Bonchev–Trinajstić information content (AvgIpc) is 2.87. The molecule has 7 heteroatoms. The van der Waals surface area contributed by atoms with Gasteiger partial charge >= 0.3 is 0 Å². The normalized spacial score (nSPS) is 13.2. The molecule has 0 fully saturated rings. The second-order valence-corrected chi connectivity index (χ2v) is 7.83. The summed E-state index contributed by atoms with van der Waals surface area (Å²) in [6, 6.07) is 7.27. The van der Waals surface area contributed by atoms with Crippen LogP contribution < -0.4 is 5.73 Å². The zero-order valence-corrected chi connectivity index (χ0v) is 12.8. The molecular weight excluding hydrogens is 290 g/mol. The smallest absolute Gasteiger partial charge is 0.170 e. The lowest BCUT2D eigenvalue weighted by molar-refractivity contribution is 0.318. The number of rotatable bonds is 5. The van der Waals surface area contributed by atoms with Crippen LogP contribution in [0.3, 0.4) is 0 Å². The van der Waals surface area contributed by atoms with Gasteiger partial charge in [-0.3, -0.25) is 0 Å². The average molecular weight is 309 g/mol. The molecule has 1 aromatic heterocycles. The van der Waals surface area contributed by atoms with Crippen LogP contribution in [-0.2, 0) is 16.4 Å². The number of aromatic nitrogens is 1. The van der Waals surface area contributed by atoms with Gasteiger partial charge in [-0.1, -0.05) is 17.3 Å². The first-order chi connectivity index (χ1) is 9.86. The van der Waals surface area contributed by atoms with Gasteiger partial charge in [-0.2, -0.15) is 0 Å². The number of nitrogens with zero attached hydrogens (tertiary/aromatic N) is 2. The fraction of sp³-hybridized carbons (Fsp3) is 0.357. The summed E-state index contributed by atoms with van der Waals surface area (Å²) in [4.78, 5) is 0. The topological polar surface area (TPSA) is 97.7 Å². The number of sulfone groups is 1. The number of aryl methyl sites for hydroxylation is 1. The lowest BCUT2D eigenvalue weighted by Gasteiger charge is -2.10. The van der Waals surface area contributed by atoms with E-state index in [9.17, 15) is 8.42 Å². The fourth-order valence-corrected chi connectivity index (χ4v) is 3.08. The van der Waals surface area contributed by atoms with Crippen LogP contribution in [0, 0.1) is 0 Å². The third-order valence-corrected chi connectivity index (χ3v) is 5.72. The molecule has 114 valence electrons. The number of fused-ring (bicyclic) bond motifs is 1. The monoisotopic (exact) mass is 309 g/mol. The van der Waals surface area contributed by atoms with Crippen molar-refractivity contribution in [1.82, 2.24) is 4.57 Å². The van der Waals surface area contributed by atoms with Crippen molar-refractivity contribution in [3.8, 4) is 0 Å². The summed E-state index contributed by atoms with van der Waals surface area (Å²) in [5, 5.41) is 12.3. The molecule has 0 amide bonds. The molecule has 0 radical (unpaired) electrons. The van der Waals surface area contributed by atoms with Crippen LogP contribution in [0.5, 0.6) is 0 Å². The van der Waals surface area contributed by atoms with E-state index in [1.165, 1.54) is 0 Å². The van der Waals surface area contributed by atoms with E-state index in [4.69, 9.17) is 10.9 Å². The van der Waals surface area contributed by atoms with Crippen LogP contribution in [0.15, 0.2) is 35.6 Å². The lowest BCUT2D eigenvalue weighted by Crippen LogP contribution is -2.20. The number of hydrogen-bond acceptors (Lipinski definition) is 4. The third-order valence-electron chi connectivity index (χ3n) is 3.53. The number of benzene rings is 1. The minimum absolute atomic E-state index is 0.0353. The van der Waals surface area contributed by atoms with Crippen LogP contribution in [0.2, 0.25) is 0 Å². The maximum atomic E-state index is 11.9. The molecule has 0 saturated carbocycles. The van der Waals surface area contributed by atoms with Gasteiger partial charge in [0.25, 0.3) is 0 Å². The minimum atomic E-state index is -3.08. The molecule has 2 rings (SSSR count). The molecule has 0 bridgehead atoms. The Hall–Kier alpha value is -2.02. The molecule has 0 spiro atoms. The minimum Gasteiger partial charge on any atom is -0.409 e. The van der Waals surface area contributed by atoms with Gasteiger partial charge in [0.05, 0.1) is 11.0 Å². The summed E-state index contributed by atoms with van der Waals surface area (Å²) < 4.78 is 25.7.